The number of benzene rings is 2. The van der Waals surface area contributed by atoms with Crippen molar-refractivity contribution in [1.82, 2.24) is 4.98 Å². The molecule has 3 rings (SSSR count). The minimum atomic E-state index is -5.20. The van der Waals surface area contributed by atoms with Crippen LogP contribution in [0.2, 0.25) is 0 Å². The van der Waals surface area contributed by atoms with Crippen molar-refractivity contribution in [2.75, 3.05) is 12.4 Å². The summed E-state index contributed by atoms with van der Waals surface area (Å²) in [6, 6.07) is 5.57. The Balaban J connectivity index is 2.05. The number of methoxy groups -OCH3 is 1. The molecule has 0 saturated carbocycles. The van der Waals surface area contributed by atoms with Crippen molar-refractivity contribution in [2.24, 2.45) is 5.73 Å². The molecule has 0 radical (unpaired) electrons. The zero-order valence-electron chi connectivity index (χ0n) is 18.3. The molecule has 0 fully saturated rings. The first kappa shape index (κ1) is 27.0. The minimum absolute atomic E-state index is 0.114. The molecule has 8 nitrogen and oxygen atoms in total. The maximum absolute atomic E-state index is 15.0. The number of carbonyl (C=O) groups is 2. The van der Waals surface area contributed by atoms with E-state index in [0.717, 1.165) is 37.6 Å². The molecule has 0 saturated heterocycles. The van der Waals surface area contributed by atoms with Gasteiger partial charge in [-0.1, -0.05) is 0 Å². The number of nitrogens with two attached hydrogens (primary N) is 1. The molecular formula is C22H14F7N3O5. The summed E-state index contributed by atoms with van der Waals surface area (Å²) in [7, 11) is 1.04. The van der Waals surface area contributed by atoms with Crippen LogP contribution in [-0.2, 0) is 6.18 Å². The molecule has 3 aromatic rings. The number of pyridine rings is 1. The Hall–Kier alpha value is -4.56. The maximum atomic E-state index is 15.0. The van der Waals surface area contributed by atoms with Gasteiger partial charge in [0, 0.05) is 17.8 Å². The van der Waals surface area contributed by atoms with Gasteiger partial charge in [0.1, 0.15) is 22.9 Å². The highest BCUT2D eigenvalue weighted by molar-refractivity contribution is 6.06. The first-order chi connectivity index (χ1) is 17.2. The number of hydrogen-bond acceptors (Lipinski definition) is 6. The normalized spacial score (nSPS) is 11.6. The summed E-state index contributed by atoms with van der Waals surface area (Å²) in [5.74, 6) is -6.96. The van der Waals surface area contributed by atoms with Crippen molar-refractivity contribution in [3.05, 3.63) is 71.2 Å². The van der Waals surface area contributed by atoms with Gasteiger partial charge in [0.25, 0.3) is 5.91 Å². The van der Waals surface area contributed by atoms with E-state index in [2.05, 4.69) is 9.72 Å². The van der Waals surface area contributed by atoms with E-state index in [-0.39, 0.29) is 22.9 Å². The number of primary amides is 1. The first-order valence-electron chi connectivity index (χ1n) is 9.78. The van der Waals surface area contributed by atoms with Crippen LogP contribution in [0.3, 0.4) is 0 Å². The lowest BCUT2D eigenvalue weighted by molar-refractivity contribution is -0.274. The van der Waals surface area contributed by atoms with Gasteiger partial charge in [-0.25, -0.2) is 9.37 Å². The molecule has 1 aromatic heterocycles. The fraction of sp³-hybridized carbons (Fsp3) is 0.136. The molecule has 0 bridgehead atoms. The van der Waals surface area contributed by atoms with Crippen molar-refractivity contribution in [2.45, 2.75) is 12.5 Å². The smallest absolute Gasteiger partial charge is 0.493 e. The van der Waals surface area contributed by atoms with E-state index in [1.165, 1.54) is 6.07 Å². The van der Waals surface area contributed by atoms with Crippen LogP contribution in [0.25, 0.3) is 0 Å². The maximum Gasteiger partial charge on any atom is 0.573 e. The standard InChI is InChI=1S/C22H14F7N3O5/c1-35-15-9-11(37-22(27,28)29)2-4-13(15)36-14-5-3-12(21(24,25)26)18(23)17(14)20(34)32-16-8-10(19(30)33)6-7-31-16/h2-9H,1H3,(H2,30,33)(H,31,32,34). The van der Waals surface area contributed by atoms with Gasteiger partial charge in [-0.15, -0.1) is 13.2 Å². The van der Waals surface area contributed by atoms with Crippen molar-refractivity contribution >= 4 is 17.6 Å². The average Bonchev–Trinajstić information content (AvgIpc) is 2.78. The summed E-state index contributed by atoms with van der Waals surface area (Å²) in [6.07, 6.45) is -9.17. The fourth-order valence-electron chi connectivity index (χ4n) is 2.95. The highest BCUT2D eigenvalue weighted by atomic mass is 19.4. The molecule has 196 valence electrons. The SMILES string of the molecule is COc1cc(OC(F)(F)F)ccc1Oc1ccc(C(F)(F)F)c(F)c1C(=O)Nc1cc(C(N)=O)ccn1. The molecule has 0 aliphatic rings. The topological polar surface area (TPSA) is 113 Å². The fourth-order valence-corrected chi connectivity index (χ4v) is 2.95. The van der Waals surface area contributed by atoms with E-state index in [4.69, 9.17) is 15.2 Å². The number of hydrogen-bond donors (Lipinski definition) is 2. The van der Waals surface area contributed by atoms with Crippen molar-refractivity contribution in [3.8, 4) is 23.0 Å². The third kappa shape index (κ3) is 6.56. The number of ether oxygens (including phenoxy) is 3. The number of anilines is 1. The predicted octanol–water partition coefficient (Wildman–Crippen LogP) is 5.29. The lowest BCUT2D eigenvalue weighted by atomic mass is 10.1. The molecule has 0 aliphatic carbocycles. The van der Waals surface area contributed by atoms with Crippen LogP contribution >= 0.6 is 0 Å². The van der Waals surface area contributed by atoms with Crippen molar-refractivity contribution < 1.29 is 54.5 Å². The molecular weight excluding hydrogens is 519 g/mol. The number of halogens is 7. The second-order valence-electron chi connectivity index (χ2n) is 7.01. The number of amides is 2. The second kappa shape index (κ2) is 10.2. The summed E-state index contributed by atoms with van der Waals surface area (Å²) >= 11 is 0. The molecule has 3 N–H and O–H groups in total. The first-order valence-corrected chi connectivity index (χ1v) is 9.78. The van der Waals surface area contributed by atoms with Gasteiger partial charge in [-0.05, 0) is 36.4 Å². The van der Waals surface area contributed by atoms with Crippen molar-refractivity contribution in [1.29, 1.82) is 0 Å². The highest BCUT2D eigenvalue weighted by Crippen LogP contribution is 2.40. The zero-order valence-corrected chi connectivity index (χ0v) is 18.3. The molecule has 37 heavy (non-hydrogen) atoms. The third-order valence-corrected chi connectivity index (χ3v) is 4.51. The third-order valence-electron chi connectivity index (χ3n) is 4.51. The number of alkyl halides is 6. The Morgan fingerprint density at radius 3 is 2.22 bits per heavy atom. The summed E-state index contributed by atoms with van der Waals surface area (Å²) in [6.45, 7) is 0. The number of nitrogens with zero attached hydrogens (tertiary/aromatic N) is 1. The van der Waals surface area contributed by atoms with Crippen LogP contribution in [-0.4, -0.2) is 30.3 Å². The van der Waals surface area contributed by atoms with Crippen LogP contribution in [0.1, 0.15) is 26.3 Å². The number of aromatic nitrogens is 1. The summed E-state index contributed by atoms with van der Waals surface area (Å²) in [5, 5.41) is 2.04. The second-order valence-corrected chi connectivity index (χ2v) is 7.01. The molecule has 2 aromatic carbocycles. The molecule has 0 atom stereocenters. The largest absolute Gasteiger partial charge is 0.573 e. The van der Waals surface area contributed by atoms with Crippen LogP contribution in [0.5, 0.6) is 23.0 Å². The van der Waals surface area contributed by atoms with Crippen LogP contribution in [0.4, 0.5) is 36.6 Å². The number of carbonyl (C=O) groups excluding carboxylic acids is 2. The van der Waals surface area contributed by atoms with E-state index in [0.29, 0.717) is 12.1 Å². The van der Waals surface area contributed by atoms with Gasteiger partial charge >= 0.3 is 12.5 Å². The van der Waals surface area contributed by atoms with Gasteiger partial charge in [-0.3, -0.25) is 9.59 Å². The predicted molar refractivity (Wildman–Crippen MR) is 112 cm³/mol. The molecule has 0 spiro atoms. The minimum Gasteiger partial charge on any atom is -0.493 e. The van der Waals surface area contributed by atoms with E-state index in [1.807, 2.05) is 5.32 Å². The van der Waals surface area contributed by atoms with E-state index < -0.39 is 52.8 Å². The van der Waals surface area contributed by atoms with Crippen LogP contribution < -0.4 is 25.3 Å². The Morgan fingerprint density at radius 2 is 1.62 bits per heavy atom. The average molecular weight is 533 g/mol. The lowest BCUT2D eigenvalue weighted by Gasteiger charge is -2.17. The van der Waals surface area contributed by atoms with Gasteiger partial charge in [0.15, 0.2) is 17.3 Å². The Bertz CT molecular complexity index is 1340. The Kier molecular flexibility index (Phi) is 7.45. The molecule has 15 heteroatoms. The summed E-state index contributed by atoms with van der Waals surface area (Å²) in [4.78, 5) is 27.9. The summed E-state index contributed by atoms with van der Waals surface area (Å²) in [5.41, 5.74) is 1.99. The number of nitrogens with one attached hydrogen (secondary N) is 1. The zero-order chi connectivity index (χ0) is 27.5. The lowest BCUT2D eigenvalue weighted by Crippen LogP contribution is -2.20. The molecule has 0 aliphatic heterocycles. The Morgan fingerprint density at radius 1 is 0.946 bits per heavy atom. The Labute approximate surface area is 202 Å². The highest BCUT2D eigenvalue weighted by Gasteiger charge is 2.38. The van der Waals surface area contributed by atoms with Gasteiger partial charge in [0.05, 0.1) is 12.7 Å². The van der Waals surface area contributed by atoms with Gasteiger partial charge < -0.3 is 25.3 Å². The van der Waals surface area contributed by atoms with Gasteiger partial charge in [-0.2, -0.15) is 13.2 Å². The van der Waals surface area contributed by atoms with Crippen LogP contribution in [0.15, 0.2) is 48.7 Å². The van der Waals surface area contributed by atoms with Crippen molar-refractivity contribution in [3.63, 3.8) is 0 Å². The number of rotatable bonds is 7. The molecule has 0 unspecified atom stereocenters. The van der Waals surface area contributed by atoms with E-state index >= 15 is 0 Å². The van der Waals surface area contributed by atoms with E-state index in [9.17, 15) is 40.3 Å². The quantitative estimate of drug-likeness (QED) is 0.399. The molecule has 2 amide bonds. The monoisotopic (exact) mass is 533 g/mol. The van der Waals surface area contributed by atoms with Gasteiger partial charge in [0.2, 0.25) is 5.91 Å². The van der Waals surface area contributed by atoms with E-state index in [1.54, 1.807) is 0 Å². The van der Waals surface area contributed by atoms with Crippen LogP contribution in [0, 0.1) is 5.82 Å². The summed E-state index contributed by atoms with van der Waals surface area (Å²) < 4.78 is 106. The molecule has 1 heterocycles.